The van der Waals surface area contributed by atoms with Gasteiger partial charge in [0.25, 0.3) is 5.69 Å². The topological polar surface area (TPSA) is 84.3 Å². The van der Waals surface area contributed by atoms with Crippen LogP contribution in [0, 0.1) is 24.0 Å². The highest BCUT2D eigenvalue weighted by Gasteiger charge is 2.07. The molecular formula is C15H15N3O3. The van der Waals surface area contributed by atoms with Gasteiger partial charge in [0.15, 0.2) is 0 Å². The molecule has 2 amide bonds. The molecule has 2 rings (SSSR count). The number of aryl methyl sites for hydroxylation is 2. The lowest BCUT2D eigenvalue weighted by Gasteiger charge is -2.10. The van der Waals surface area contributed by atoms with E-state index in [2.05, 4.69) is 10.6 Å². The Kier molecular flexibility index (Phi) is 4.18. The minimum atomic E-state index is -0.487. The van der Waals surface area contributed by atoms with Gasteiger partial charge < -0.3 is 10.6 Å². The molecule has 0 aromatic heterocycles. The molecule has 0 aliphatic carbocycles. The maximum Gasteiger partial charge on any atom is 0.323 e. The van der Waals surface area contributed by atoms with Crippen molar-refractivity contribution >= 4 is 23.1 Å². The van der Waals surface area contributed by atoms with Crippen LogP contribution in [0.3, 0.4) is 0 Å². The van der Waals surface area contributed by atoms with Crippen molar-refractivity contribution in [3.8, 4) is 0 Å². The summed E-state index contributed by atoms with van der Waals surface area (Å²) >= 11 is 0. The van der Waals surface area contributed by atoms with Gasteiger partial charge in [-0.05, 0) is 37.6 Å². The summed E-state index contributed by atoms with van der Waals surface area (Å²) in [6, 6.07) is 11.0. The van der Waals surface area contributed by atoms with Gasteiger partial charge >= 0.3 is 6.03 Å². The van der Waals surface area contributed by atoms with Gasteiger partial charge in [0.05, 0.1) is 4.92 Å². The van der Waals surface area contributed by atoms with Gasteiger partial charge in [-0.3, -0.25) is 10.1 Å². The van der Waals surface area contributed by atoms with Crippen molar-refractivity contribution in [2.24, 2.45) is 0 Å². The molecule has 0 saturated heterocycles. The molecule has 0 aliphatic rings. The Hall–Kier alpha value is -2.89. The van der Waals surface area contributed by atoms with Gasteiger partial charge in [-0.2, -0.15) is 0 Å². The zero-order valence-electron chi connectivity index (χ0n) is 11.7. The van der Waals surface area contributed by atoms with E-state index in [1.54, 1.807) is 0 Å². The Bertz CT molecular complexity index is 681. The monoisotopic (exact) mass is 285 g/mol. The third kappa shape index (κ3) is 3.79. The number of nitro groups is 1. The van der Waals surface area contributed by atoms with E-state index < -0.39 is 11.0 Å². The first kappa shape index (κ1) is 14.5. The van der Waals surface area contributed by atoms with Crippen LogP contribution in [0.1, 0.15) is 11.1 Å². The second-order valence-electron chi connectivity index (χ2n) is 4.70. The summed E-state index contributed by atoms with van der Waals surface area (Å²) in [6.07, 6.45) is 0. The number of carbonyl (C=O) groups excluding carboxylic acids is 1. The molecule has 108 valence electrons. The Morgan fingerprint density at radius 3 is 2.29 bits per heavy atom. The Morgan fingerprint density at radius 2 is 1.71 bits per heavy atom. The second kappa shape index (κ2) is 6.04. The molecule has 2 N–H and O–H groups in total. The number of nitrogens with one attached hydrogen (secondary N) is 2. The fraction of sp³-hybridized carbons (Fsp3) is 0.133. The molecule has 0 atom stereocenters. The average Bonchev–Trinajstić information content (AvgIpc) is 2.42. The number of nitro benzene ring substituents is 1. The van der Waals surface area contributed by atoms with Crippen molar-refractivity contribution < 1.29 is 9.72 Å². The van der Waals surface area contributed by atoms with Crippen molar-refractivity contribution in [1.82, 2.24) is 0 Å². The molecule has 6 heteroatoms. The van der Waals surface area contributed by atoms with E-state index in [0.29, 0.717) is 5.69 Å². The molecule has 0 bridgehead atoms. The lowest BCUT2D eigenvalue weighted by Crippen LogP contribution is -2.19. The van der Waals surface area contributed by atoms with E-state index in [0.717, 1.165) is 16.8 Å². The van der Waals surface area contributed by atoms with Gasteiger partial charge in [0.2, 0.25) is 0 Å². The van der Waals surface area contributed by atoms with Crippen LogP contribution in [-0.4, -0.2) is 11.0 Å². The van der Waals surface area contributed by atoms with Gasteiger partial charge in [0, 0.05) is 23.5 Å². The van der Waals surface area contributed by atoms with Gasteiger partial charge in [-0.25, -0.2) is 4.79 Å². The SMILES string of the molecule is Cc1ccc(NC(=O)Nc2ccc([N+](=O)[O-])cc2)c(C)c1. The number of nitrogens with zero attached hydrogens (tertiary/aromatic N) is 1. The van der Waals surface area contributed by atoms with Crippen LogP contribution in [0.4, 0.5) is 21.9 Å². The molecule has 0 saturated carbocycles. The minimum Gasteiger partial charge on any atom is -0.308 e. The first-order chi connectivity index (χ1) is 9.95. The Morgan fingerprint density at radius 1 is 1.05 bits per heavy atom. The number of hydrogen-bond donors (Lipinski definition) is 2. The summed E-state index contributed by atoms with van der Waals surface area (Å²) in [7, 11) is 0. The summed E-state index contributed by atoms with van der Waals surface area (Å²) in [6.45, 7) is 3.89. The van der Waals surface area contributed by atoms with Crippen LogP contribution in [0.15, 0.2) is 42.5 Å². The molecular weight excluding hydrogens is 270 g/mol. The van der Waals surface area contributed by atoms with E-state index in [1.807, 2.05) is 32.0 Å². The smallest absolute Gasteiger partial charge is 0.308 e. The highest BCUT2D eigenvalue weighted by Crippen LogP contribution is 2.18. The number of non-ortho nitro benzene ring substituents is 1. The first-order valence-electron chi connectivity index (χ1n) is 6.35. The van der Waals surface area contributed by atoms with Gasteiger partial charge in [0.1, 0.15) is 0 Å². The molecule has 0 spiro atoms. The number of carbonyl (C=O) groups is 1. The molecule has 0 fully saturated rings. The molecule has 21 heavy (non-hydrogen) atoms. The van der Waals surface area contributed by atoms with Crippen molar-refractivity contribution in [2.75, 3.05) is 10.6 Å². The van der Waals surface area contributed by atoms with E-state index in [9.17, 15) is 14.9 Å². The third-order valence-corrected chi connectivity index (χ3v) is 2.97. The fourth-order valence-corrected chi connectivity index (χ4v) is 1.90. The summed E-state index contributed by atoms with van der Waals surface area (Å²) in [5.41, 5.74) is 3.28. The maximum absolute atomic E-state index is 11.9. The zero-order valence-corrected chi connectivity index (χ0v) is 11.7. The van der Waals surface area contributed by atoms with Crippen molar-refractivity contribution in [3.63, 3.8) is 0 Å². The quantitative estimate of drug-likeness (QED) is 0.663. The van der Waals surface area contributed by atoms with Crippen molar-refractivity contribution in [1.29, 1.82) is 0 Å². The minimum absolute atomic E-state index is 0.0182. The molecule has 0 aliphatic heterocycles. The summed E-state index contributed by atoms with van der Waals surface area (Å²) in [4.78, 5) is 21.9. The summed E-state index contributed by atoms with van der Waals surface area (Å²) < 4.78 is 0. The van der Waals surface area contributed by atoms with Crippen molar-refractivity contribution in [3.05, 3.63) is 63.7 Å². The number of hydrogen-bond acceptors (Lipinski definition) is 3. The molecule has 0 heterocycles. The second-order valence-corrected chi connectivity index (χ2v) is 4.70. The highest BCUT2D eigenvalue weighted by molar-refractivity contribution is 6.00. The van der Waals surface area contributed by atoms with Crippen molar-refractivity contribution in [2.45, 2.75) is 13.8 Å². The van der Waals surface area contributed by atoms with Gasteiger partial charge in [-0.15, -0.1) is 0 Å². The largest absolute Gasteiger partial charge is 0.323 e. The summed E-state index contributed by atoms with van der Waals surface area (Å²) in [5.74, 6) is 0. The van der Waals surface area contributed by atoms with Crippen LogP contribution in [0.5, 0.6) is 0 Å². The average molecular weight is 285 g/mol. The summed E-state index contributed by atoms with van der Waals surface area (Å²) in [5, 5.41) is 15.9. The van der Waals surface area contributed by atoms with Crippen LogP contribution in [0.25, 0.3) is 0 Å². The van der Waals surface area contributed by atoms with E-state index in [-0.39, 0.29) is 5.69 Å². The maximum atomic E-state index is 11.9. The predicted octanol–water partition coefficient (Wildman–Crippen LogP) is 3.86. The highest BCUT2D eigenvalue weighted by atomic mass is 16.6. The number of rotatable bonds is 3. The standard InChI is InChI=1S/C15H15N3O3/c1-10-3-8-14(11(2)9-10)17-15(19)16-12-4-6-13(7-5-12)18(20)21/h3-9H,1-2H3,(H2,16,17,19). The molecule has 2 aromatic rings. The molecule has 0 radical (unpaired) electrons. The van der Waals surface area contributed by atoms with Crippen LogP contribution >= 0.6 is 0 Å². The Balaban J connectivity index is 2.02. The molecule has 6 nitrogen and oxygen atoms in total. The molecule has 0 unspecified atom stereocenters. The first-order valence-corrected chi connectivity index (χ1v) is 6.35. The number of amides is 2. The normalized spacial score (nSPS) is 10.0. The zero-order chi connectivity index (χ0) is 15.4. The lowest BCUT2D eigenvalue weighted by molar-refractivity contribution is -0.384. The van der Waals surface area contributed by atoms with E-state index >= 15 is 0 Å². The molecule has 2 aromatic carbocycles. The van der Waals surface area contributed by atoms with Crippen LogP contribution < -0.4 is 10.6 Å². The fourth-order valence-electron chi connectivity index (χ4n) is 1.90. The number of urea groups is 1. The van der Waals surface area contributed by atoms with E-state index in [4.69, 9.17) is 0 Å². The van der Waals surface area contributed by atoms with Gasteiger partial charge in [-0.1, -0.05) is 17.7 Å². The Labute approximate surface area is 121 Å². The predicted molar refractivity (Wildman–Crippen MR) is 81.7 cm³/mol. The third-order valence-electron chi connectivity index (χ3n) is 2.97. The van der Waals surface area contributed by atoms with Crippen LogP contribution in [-0.2, 0) is 0 Å². The lowest BCUT2D eigenvalue weighted by atomic mass is 10.1. The van der Waals surface area contributed by atoms with Crippen LogP contribution in [0.2, 0.25) is 0 Å². The number of anilines is 2. The van der Waals surface area contributed by atoms with E-state index in [1.165, 1.54) is 24.3 Å². The number of benzene rings is 2.